The van der Waals surface area contributed by atoms with Gasteiger partial charge in [0, 0.05) is 21.9 Å². The molecule has 0 saturated heterocycles. The Balaban J connectivity index is 0.996. The van der Waals surface area contributed by atoms with Gasteiger partial charge in [-0.25, -0.2) is 4.99 Å². The Morgan fingerprint density at radius 1 is 0.421 bits per heavy atom. The molecule has 0 aliphatic heterocycles. The largest absolute Gasteiger partial charge is 0.456 e. The van der Waals surface area contributed by atoms with Crippen molar-refractivity contribution in [2.75, 3.05) is 0 Å². The van der Waals surface area contributed by atoms with Crippen LogP contribution in [0.15, 0.2) is 215 Å². The SMILES string of the molecule is NC(=NC(=NCc1cccc2oc3ccc(-c4cccc(-c5cccc(-c6ccc7ccc8ccccc8c7c6)c5)c4)cc3c12)c1ccccc1)c1ccccc1. The maximum atomic E-state index is 6.49. The molecule has 4 heteroatoms. The van der Waals surface area contributed by atoms with Crippen LogP contribution >= 0.6 is 0 Å². The summed E-state index contributed by atoms with van der Waals surface area (Å²) in [6, 6.07) is 69.9. The van der Waals surface area contributed by atoms with Gasteiger partial charge in [-0.1, -0.05) is 164 Å². The van der Waals surface area contributed by atoms with Gasteiger partial charge in [-0.05, 0) is 96.9 Å². The van der Waals surface area contributed by atoms with Gasteiger partial charge in [0.25, 0.3) is 0 Å². The van der Waals surface area contributed by atoms with Crippen molar-refractivity contribution in [1.82, 2.24) is 0 Å². The molecular formula is C53H37N3O. The van der Waals surface area contributed by atoms with Gasteiger partial charge >= 0.3 is 0 Å². The van der Waals surface area contributed by atoms with Gasteiger partial charge in [0.15, 0.2) is 5.84 Å². The van der Waals surface area contributed by atoms with E-state index in [-0.39, 0.29) is 0 Å². The van der Waals surface area contributed by atoms with Crippen molar-refractivity contribution in [3.05, 3.63) is 217 Å². The molecule has 0 saturated carbocycles. The first-order chi connectivity index (χ1) is 28.1. The van der Waals surface area contributed by atoms with Crippen LogP contribution in [-0.2, 0) is 6.54 Å². The lowest BCUT2D eigenvalue weighted by Gasteiger charge is -2.10. The highest BCUT2D eigenvalue weighted by Crippen LogP contribution is 2.37. The molecule has 0 bridgehead atoms. The predicted octanol–water partition coefficient (Wildman–Crippen LogP) is 13.2. The Bertz CT molecular complexity index is 3160. The van der Waals surface area contributed by atoms with Gasteiger partial charge in [-0.3, -0.25) is 4.99 Å². The van der Waals surface area contributed by atoms with E-state index in [4.69, 9.17) is 20.1 Å². The van der Waals surface area contributed by atoms with Crippen LogP contribution in [0.2, 0.25) is 0 Å². The van der Waals surface area contributed by atoms with Crippen molar-refractivity contribution in [2.24, 2.45) is 15.7 Å². The second kappa shape index (κ2) is 14.6. The van der Waals surface area contributed by atoms with Crippen LogP contribution in [0.4, 0.5) is 0 Å². The van der Waals surface area contributed by atoms with E-state index in [1.54, 1.807) is 0 Å². The third kappa shape index (κ3) is 6.64. The number of aliphatic imine (C=N–C) groups is 2. The number of benzene rings is 9. The molecule has 0 radical (unpaired) electrons. The van der Waals surface area contributed by atoms with Crippen LogP contribution in [0.1, 0.15) is 16.7 Å². The average Bonchev–Trinajstić information content (AvgIpc) is 3.67. The summed E-state index contributed by atoms with van der Waals surface area (Å²) in [6.45, 7) is 0.408. The van der Waals surface area contributed by atoms with E-state index in [0.29, 0.717) is 18.2 Å². The van der Waals surface area contributed by atoms with Crippen LogP contribution in [0, 0.1) is 0 Å². The zero-order valence-electron chi connectivity index (χ0n) is 31.1. The summed E-state index contributed by atoms with van der Waals surface area (Å²) >= 11 is 0. The summed E-state index contributed by atoms with van der Waals surface area (Å²) in [5, 5.41) is 7.16. The van der Waals surface area contributed by atoms with E-state index in [0.717, 1.165) is 55.3 Å². The zero-order chi connectivity index (χ0) is 38.1. The summed E-state index contributed by atoms with van der Waals surface area (Å²) in [6.07, 6.45) is 0. The first-order valence-corrected chi connectivity index (χ1v) is 19.2. The maximum absolute atomic E-state index is 6.49. The monoisotopic (exact) mass is 731 g/mol. The lowest BCUT2D eigenvalue weighted by molar-refractivity contribution is 0.668. The predicted molar refractivity (Wildman–Crippen MR) is 239 cm³/mol. The van der Waals surface area contributed by atoms with Gasteiger partial charge < -0.3 is 10.2 Å². The molecule has 9 aromatic carbocycles. The van der Waals surface area contributed by atoms with Gasteiger partial charge in [0.05, 0.1) is 6.54 Å². The third-order valence-corrected chi connectivity index (χ3v) is 10.8. The van der Waals surface area contributed by atoms with Crippen LogP contribution in [0.3, 0.4) is 0 Å². The molecule has 4 nitrogen and oxygen atoms in total. The van der Waals surface area contributed by atoms with E-state index >= 15 is 0 Å². The Kier molecular flexibility index (Phi) is 8.69. The van der Waals surface area contributed by atoms with Crippen LogP contribution in [-0.4, -0.2) is 11.7 Å². The Hall–Kier alpha value is -7.56. The molecule has 270 valence electrons. The molecule has 10 aromatic rings. The number of hydrogen-bond donors (Lipinski definition) is 1. The highest BCUT2D eigenvalue weighted by atomic mass is 16.3. The van der Waals surface area contributed by atoms with E-state index < -0.39 is 0 Å². The topological polar surface area (TPSA) is 63.9 Å². The first-order valence-electron chi connectivity index (χ1n) is 19.2. The number of furan rings is 1. The van der Waals surface area contributed by atoms with E-state index in [1.807, 2.05) is 72.8 Å². The highest BCUT2D eigenvalue weighted by Gasteiger charge is 2.14. The zero-order valence-corrected chi connectivity index (χ0v) is 31.1. The summed E-state index contributed by atoms with van der Waals surface area (Å²) < 4.78 is 6.40. The number of fused-ring (bicyclic) bond motifs is 6. The average molecular weight is 732 g/mol. The molecule has 0 aliphatic carbocycles. The van der Waals surface area contributed by atoms with Crippen molar-refractivity contribution in [3.8, 4) is 33.4 Å². The normalized spacial score (nSPS) is 12.2. The maximum Gasteiger partial charge on any atom is 0.157 e. The van der Waals surface area contributed by atoms with Gasteiger partial charge in [0.1, 0.15) is 17.0 Å². The van der Waals surface area contributed by atoms with Gasteiger partial charge in [-0.2, -0.15) is 0 Å². The number of hydrogen-bond acceptors (Lipinski definition) is 2. The molecule has 0 spiro atoms. The van der Waals surface area contributed by atoms with Crippen molar-refractivity contribution in [2.45, 2.75) is 6.54 Å². The highest BCUT2D eigenvalue weighted by molar-refractivity contribution is 6.12. The van der Waals surface area contributed by atoms with Crippen LogP contribution in [0.5, 0.6) is 0 Å². The Morgan fingerprint density at radius 2 is 0.965 bits per heavy atom. The molecule has 1 heterocycles. The second-order valence-corrected chi connectivity index (χ2v) is 14.4. The summed E-state index contributed by atoms with van der Waals surface area (Å²) in [7, 11) is 0. The summed E-state index contributed by atoms with van der Waals surface area (Å²) in [4.78, 5) is 9.87. The molecule has 1 aromatic heterocycles. The van der Waals surface area contributed by atoms with Crippen molar-refractivity contribution >= 4 is 55.2 Å². The Labute approximate surface area is 330 Å². The minimum absolute atomic E-state index is 0.408. The second-order valence-electron chi connectivity index (χ2n) is 14.4. The number of nitrogens with two attached hydrogens (primary N) is 1. The summed E-state index contributed by atoms with van der Waals surface area (Å²) in [5.41, 5.74) is 18.0. The molecule has 10 rings (SSSR count). The molecular weight excluding hydrogens is 695 g/mol. The lowest BCUT2D eigenvalue weighted by atomic mass is 9.94. The molecule has 0 atom stereocenters. The summed E-state index contributed by atoms with van der Waals surface area (Å²) in [5.74, 6) is 1.00. The van der Waals surface area contributed by atoms with Crippen molar-refractivity contribution < 1.29 is 4.42 Å². The fourth-order valence-electron chi connectivity index (χ4n) is 7.88. The molecule has 0 amide bonds. The molecule has 0 fully saturated rings. The fraction of sp³-hybridized carbons (Fsp3) is 0.0189. The van der Waals surface area contributed by atoms with Crippen molar-refractivity contribution in [3.63, 3.8) is 0 Å². The number of nitrogens with zero attached hydrogens (tertiary/aromatic N) is 2. The molecule has 2 N–H and O–H groups in total. The first kappa shape index (κ1) is 34.0. The standard InChI is InChI=1S/C53H37N3O/c54-52(37-13-3-1-4-14-37)56-53(38-15-5-2-6-16-38)55-34-45-21-11-23-50-51(45)48-33-44(28-29-49(48)57-50)42-20-10-18-40(31-42)39-17-9-19-41(30-39)43-27-26-36-25-24-35-12-7-8-22-46(35)47(36)32-43/h1-33H,34H2,(H2,54,55,56). The van der Waals surface area contributed by atoms with Crippen molar-refractivity contribution in [1.29, 1.82) is 0 Å². The fourth-order valence-corrected chi connectivity index (χ4v) is 7.88. The smallest absolute Gasteiger partial charge is 0.157 e. The number of rotatable bonds is 7. The number of amidine groups is 2. The minimum Gasteiger partial charge on any atom is -0.456 e. The van der Waals surface area contributed by atoms with E-state index in [2.05, 4.69) is 127 Å². The Morgan fingerprint density at radius 3 is 1.67 bits per heavy atom. The third-order valence-electron chi connectivity index (χ3n) is 10.8. The van der Waals surface area contributed by atoms with Gasteiger partial charge in [0.2, 0.25) is 0 Å². The minimum atomic E-state index is 0.408. The van der Waals surface area contributed by atoms with E-state index in [9.17, 15) is 0 Å². The molecule has 57 heavy (non-hydrogen) atoms. The molecule has 0 unspecified atom stereocenters. The van der Waals surface area contributed by atoms with Crippen LogP contribution < -0.4 is 5.73 Å². The van der Waals surface area contributed by atoms with Crippen LogP contribution in [0.25, 0.3) is 76.9 Å². The lowest BCUT2D eigenvalue weighted by Crippen LogP contribution is -2.16. The van der Waals surface area contributed by atoms with Gasteiger partial charge in [-0.15, -0.1) is 0 Å². The van der Waals surface area contributed by atoms with E-state index in [1.165, 1.54) is 38.2 Å². The quantitative estimate of drug-likeness (QED) is 0.101. The molecule has 0 aliphatic rings.